The number of carboxylic acid groups (broad SMARTS) is 1. The van der Waals surface area contributed by atoms with E-state index in [4.69, 9.17) is 14.6 Å². The maximum Gasteiger partial charge on any atom is 0.341 e. The molecule has 0 heterocycles. The second kappa shape index (κ2) is 8.19. The predicted octanol–water partition coefficient (Wildman–Crippen LogP) is 4.21. The summed E-state index contributed by atoms with van der Waals surface area (Å²) in [7, 11) is 1.43. The van der Waals surface area contributed by atoms with Gasteiger partial charge in [-0.05, 0) is 40.6 Å². The summed E-state index contributed by atoms with van der Waals surface area (Å²) in [5, 5.41) is 10.9. The van der Waals surface area contributed by atoms with Gasteiger partial charge in [0.1, 0.15) is 0 Å². The van der Waals surface area contributed by atoms with Crippen molar-refractivity contribution in [1.82, 2.24) is 0 Å². The lowest BCUT2D eigenvalue weighted by molar-refractivity contribution is -0.139. The second-order valence-electron chi connectivity index (χ2n) is 5.81. The summed E-state index contributed by atoms with van der Waals surface area (Å²) in [6, 6.07) is 18.5. The first kappa shape index (κ1) is 18.2. The van der Waals surface area contributed by atoms with Crippen LogP contribution in [0.25, 0.3) is 16.8 Å². The van der Waals surface area contributed by atoms with E-state index in [0.29, 0.717) is 11.3 Å². The van der Waals surface area contributed by atoms with Crippen molar-refractivity contribution >= 4 is 28.6 Å². The van der Waals surface area contributed by atoms with Crippen molar-refractivity contribution in [2.45, 2.75) is 0 Å². The van der Waals surface area contributed by atoms with Gasteiger partial charge in [-0.3, -0.25) is 4.79 Å². The summed E-state index contributed by atoms with van der Waals surface area (Å²) in [6.45, 7) is -0.482. The molecule has 0 aliphatic rings. The number of carbonyl (C=O) groups is 2. The summed E-state index contributed by atoms with van der Waals surface area (Å²) >= 11 is 0. The number of hydrogen-bond acceptors (Lipinski definition) is 4. The van der Waals surface area contributed by atoms with E-state index in [1.807, 2.05) is 42.5 Å². The molecular weight excluding hydrogens is 344 g/mol. The van der Waals surface area contributed by atoms with Crippen LogP contribution in [0.4, 0.5) is 0 Å². The molecule has 0 saturated carbocycles. The number of ether oxygens (including phenoxy) is 2. The van der Waals surface area contributed by atoms with Crippen LogP contribution in [0.1, 0.15) is 15.9 Å². The van der Waals surface area contributed by atoms with Gasteiger partial charge in [0.05, 0.1) is 7.11 Å². The molecule has 1 N–H and O–H groups in total. The van der Waals surface area contributed by atoms with Crippen molar-refractivity contribution in [1.29, 1.82) is 0 Å². The van der Waals surface area contributed by atoms with Crippen molar-refractivity contribution in [3.05, 3.63) is 77.9 Å². The Labute approximate surface area is 156 Å². The van der Waals surface area contributed by atoms with Gasteiger partial charge in [0.25, 0.3) is 0 Å². The molecule has 0 aliphatic carbocycles. The molecule has 0 aromatic heterocycles. The van der Waals surface area contributed by atoms with Crippen LogP contribution >= 0.6 is 0 Å². The highest BCUT2D eigenvalue weighted by atomic mass is 16.5. The minimum absolute atomic E-state index is 0.189. The highest BCUT2D eigenvalue weighted by molar-refractivity contribution is 6.08. The summed E-state index contributed by atoms with van der Waals surface area (Å²) in [5.41, 5.74) is 1.38. The van der Waals surface area contributed by atoms with Gasteiger partial charge in [0, 0.05) is 5.56 Å². The van der Waals surface area contributed by atoms with Crippen molar-refractivity contribution in [3.63, 3.8) is 0 Å². The highest BCUT2D eigenvalue weighted by Gasteiger charge is 2.11. The average molecular weight is 362 g/mol. The first-order valence-electron chi connectivity index (χ1n) is 8.31. The second-order valence-corrected chi connectivity index (χ2v) is 5.81. The Hall–Kier alpha value is -3.60. The van der Waals surface area contributed by atoms with Gasteiger partial charge in [0.2, 0.25) is 0 Å². The van der Waals surface area contributed by atoms with E-state index < -0.39 is 12.6 Å². The van der Waals surface area contributed by atoms with E-state index in [-0.39, 0.29) is 11.5 Å². The number of fused-ring (bicyclic) bond motifs is 1. The molecule has 5 heteroatoms. The summed E-state index contributed by atoms with van der Waals surface area (Å²) in [6.07, 6.45) is 3.29. The van der Waals surface area contributed by atoms with Crippen LogP contribution in [0, 0.1) is 0 Å². The number of carbonyl (C=O) groups excluding carboxylic acids is 1. The Morgan fingerprint density at radius 2 is 1.78 bits per heavy atom. The quantitative estimate of drug-likeness (QED) is 0.503. The molecule has 3 aromatic rings. The van der Waals surface area contributed by atoms with Gasteiger partial charge in [-0.1, -0.05) is 48.5 Å². The van der Waals surface area contributed by atoms with Crippen LogP contribution in [-0.2, 0) is 4.79 Å². The zero-order valence-corrected chi connectivity index (χ0v) is 14.7. The number of carboxylic acids is 1. The van der Waals surface area contributed by atoms with Crippen LogP contribution < -0.4 is 9.47 Å². The first-order valence-corrected chi connectivity index (χ1v) is 8.31. The molecule has 0 saturated heterocycles. The largest absolute Gasteiger partial charge is 0.493 e. The lowest BCUT2D eigenvalue weighted by atomic mass is 10.0. The number of benzene rings is 3. The molecule has 0 unspecified atom stereocenters. The number of methoxy groups -OCH3 is 1. The number of aliphatic carboxylic acids is 1. The van der Waals surface area contributed by atoms with Gasteiger partial charge in [0.15, 0.2) is 23.9 Å². The molecule has 0 spiro atoms. The molecule has 3 aromatic carbocycles. The maximum atomic E-state index is 12.5. The Balaban J connectivity index is 1.83. The molecule has 5 nitrogen and oxygen atoms in total. The SMILES string of the molecule is COc1cc(C(=O)C=Cc2cccc3ccccc23)ccc1OCC(=O)O. The average Bonchev–Trinajstić information content (AvgIpc) is 2.70. The lowest BCUT2D eigenvalue weighted by Crippen LogP contribution is -2.10. The van der Waals surface area contributed by atoms with E-state index >= 15 is 0 Å². The van der Waals surface area contributed by atoms with Gasteiger partial charge in [-0.25, -0.2) is 4.79 Å². The Morgan fingerprint density at radius 3 is 2.56 bits per heavy atom. The van der Waals surface area contributed by atoms with E-state index in [2.05, 4.69) is 0 Å². The highest BCUT2D eigenvalue weighted by Crippen LogP contribution is 2.28. The van der Waals surface area contributed by atoms with Crippen LogP contribution in [0.3, 0.4) is 0 Å². The smallest absolute Gasteiger partial charge is 0.341 e. The van der Waals surface area contributed by atoms with Gasteiger partial charge in [-0.15, -0.1) is 0 Å². The summed E-state index contributed by atoms with van der Waals surface area (Å²) < 4.78 is 10.3. The fourth-order valence-corrected chi connectivity index (χ4v) is 2.74. The summed E-state index contributed by atoms with van der Waals surface area (Å²) in [5.74, 6) is -0.698. The van der Waals surface area contributed by atoms with Gasteiger partial charge < -0.3 is 14.6 Å². The third kappa shape index (κ3) is 4.33. The summed E-state index contributed by atoms with van der Waals surface area (Å²) in [4.78, 5) is 23.2. The number of ketones is 1. The normalized spacial score (nSPS) is 10.9. The Kier molecular flexibility index (Phi) is 5.52. The zero-order valence-electron chi connectivity index (χ0n) is 14.7. The number of rotatable bonds is 7. The third-order valence-corrected chi connectivity index (χ3v) is 4.04. The van der Waals surface area contributed by atoms with Crippen molar-refractivity contribution in [3.8, 4) is 11.5 Å². The van der Waals surface area contributed by atoms with Gasteiger partial charge in [-0.2, -0.15) is 0 Å². The first-order chi connectivity index (χ1) is 13.1. The molecule has 0 aliphatic heterocycles. The maximum absolute atomic E-state index is 12.5. The number of allylic oxidation sites excluding steroid dienone is 1. The van der Waals surface area contributed by atoms with Crippen LogP contribution in [-0.4, -0.2) is 30.6 Å². The molecule has 3 rings (SSSR count). The van der Waals surface area contributed by atoms with Crippen molar-refractivity contribution in [2.24, 2.45) is 0 Å². The molecule has 0 bridgehead atoms. The van der Waals surface area contributed by atoms with E-state index in [1.54, 1.807) is 12.1 Å². The molecule has 0 fully saturated rings. The molecular formula is C22H18O5. The van der Waals surface area contributed by atoms with E-state index in [0.717, 1.165) is 16.3 Å². The van der Waals surface area contributed by atoms with Crippen LogP contribution in [0.15, 0.2) is 66.7 Å². The zero-order chi connectivity index (χ0) is 19.2. The minimum atomic E-state index is -1.09. The van der Waals surface area contributed by atoms with Crippen LogP contribution in [0.5, 0.6) is 11.5 Å². The topological polar surface area (TPSA) is 72.8 Å². The van der Waals surface area contributed by atoms with Gasteiger partial charge >= 0.3 is 5.97 Å². The van der Waals surface area contributed by atoms with Crippen LogP contribution in [0.2, 0.25) is 0 Å². The molecule has 136 valence electrons. The molecule has 0 radical (unpaired) electrons. The molecule has 0 amide bonds. The van der Waals surface area contributed by atoms with E-state index in [1.165, 1.54) is 25.3 Å². The minimum Gasteiger partial charge on any atom is -0.493 e. The third-order valence-electron chi connectivity index (χ3n) is 4.04. The van der Waals surface area contributed by atoms with Crippen molar-refractivity contribution in [2.75, 3.05) is 13.7 Å². The fourth-order valence-electron chi connectivity index (χ4n) is 2.74. The monoisotopic (exact) mass is 362 g/mol. The fraction of sp³-hybridized carbons (Fsp3) is 0.0909. The Morgan fingerprint density at radius 1 is 1.00 bits per heavy atom. The molecule has 27 heavy (non-hydrogen) atoms. The predicted molar refractivity (Wildman–Crippen MR) is 103 cm³/mol. The number of hydrogen-bond donors (Lipinski definition) is 1. The van der Waals surface area contributed by atoms with Crippen molar-refractivity contribution < 1.29 is 24.2 Å². The Bertz CT molecular complexity index is 1010. The van der Waals surface area contributed by atoms with E-state index in [9.17, 15) is 9.59 Å². The lowest BCUT2D eigenvalue weighted by Gasteiger charge is -2.10. The standard InChI is InChI=1S/C22H18O5/c1-26-21-13-17(10-12-20(21)27-14-22(24)25)19(23)11-9-16-7-4-6-15-5-2-3-8-18(15)16/h2-13H,14H2,1H3,(H,24,25). The molecule has 0 atom stereocenters.